The van der Waals surface area contributed by atoms with Crippen molar-refractivity contribution in [3.8, 4) is 16.9 Å². The summed E-state index contributed by atoms with van der Waals surface area (Å²) < 4.78 is 1.58. The molecule has 1 heterocycles. The molecule has 0 aliphatic carbocycles. The van der Waals surface area contributed by atoms with Crippen molar-refractivity contribution in [2.75, 3.05) is 11.9 Å². The van der Waals surface area contributed by atoms with Crippen molar-refractivity contribution in [2.45, 2.75) is 19.9 Å². The van der Waals surface area contributed by atoms with Crippen molar-refractivity contribution < 1.29 is 9.59 Å². The van der Waals surface area contributed by atoms with E-state index in [0.717, 1.165) is 5.56 Å². The fourth-order valence-corrected chi connectivity index (χ4v) is 4.44. The fraction of sp³-hybridized carbons (Fsp3) is 0.148. The van der Waals surface area contributed by atoms with Gasteiger partial charge in [-0.1, -0.05) is 77.3 Å². The third-order valence-electron chi connectivity index (χ3n) is 5.43. The first-order valence-electron chi connectivity index (χ1n) is 11.2. The molecule has 0 saturated heterocycles. The number of carbonyl (C=O) groups excluding carboxylic acids is 2. The molecule has 184 valence electrons. The summed E-state index contributed by atoms with van der Waals surface area (Å²) >= 11 is 18.6. The summed E-state index contributed by atoms with van der Waals surface area (Å²) in [6, 6.07) is 23.0. The van der Waals surface area contributed by atoms with Gasteiger partial charge in [0.1, 0.15) is 12.4 Å². The summed E-state index contributed by atoms with van der Waals surface area (Å²) in [4.78, 5) is 27.8. The van der Waals surface area contributed by atoms with Crippen LogP contribution in [0.3, 0.4) is 0 Å². The van der Waals surface area contributed by atoms with Gasteiger partial charge >= 0.3 is 0 Å². The van der Waals surface area contributed by atoms with Gasteiger partial charge in [0.05, 0.1) is 16.4 Å². The zero-order valence-corrected chi connectivity index (χ0v) is 21.8. The maximum Gasteiger partial charge on any atom is 0.254 e. The predicted octanol–water partition coefficient (Wildman–Crippen LogP) is 6.99. The van der Waals surface area contributed by atoms with Crippen LogP contribution in [0, 0.1) is 0 Å². The highest BCUT2D eigenvalue weighted by molar-refractivity contribution is 6.35. The van der Waals surface area contributed by atoms with E-state index in [4.69, 9.17) is 34.8 Å². The molecule has 6 nitrogen and oxygen atoms in total. The van der Waals surface area contributed by atoms with Crippen LogP contribution in [0.15, 0.2) is 78.9 Å². The molecule has 0 fully saturated rings. The quantitative estimate of drug-likeness (QED) is 0.274. The number of rotatable bonds is 7. The summed E-state index contributed by atoms with van der Waals surface area (Å²) in [5.41, 5.74) is 2.47. The molecular weight excluding hydrogens is 519 g/mol. The van der Waals surface area contributed by atoms with E-state index in [1.54, 1.807) is 22.9 Å². The van der Waals surface area contributed by atoms with E-state index in [1.807, 2.05) is 62.4 Å². The minimum atomic E-state index is -0.391. The van der Waals surface area contributed by atoms with Crippen LogP contribution < -0.4 is 5.32 Å². The van der Waals surface area contributed by atoms with E-state index in [1.165, 1.54) is 17.0 Å². The lowest BCUT2D eigenvalue weighted by molar-refractivity contribution is -0.117. The normalized spacial score (nSPS) is 10.9. The molecule has 0 spiro atoms. The van der Waals surface area contributed by atoms with Gasteiger partial charge < -0.3 is 10.2 Å². The number of benzene rings is 3. The number of nitrogens with one attached hydrogen (secondary N) is 1. The minimum absolute atomic E-state index is 0.186. The molecule has 0 radical (unpaired) electrons. The molecule has 1 N–H and O–H groups in total. The number of carbonyl (C=O) groups is 2. The highest BCUT2D eigenvalue weighted by atomic mass is 35.5. The van der Waals surface area contributed by atoms with Crippen LogP contribution in [-0.2, 0) is 4.79 Å². The Hall–Kier alpha value is -3.32. The Morgan fingerprint density at radius 2 is 1.56 bits per heavy atom. The Morgan fingerprint density at radius 3 is 2.19 bits per heavy atom. The zero-order valence-electron chi connectivity index (χ0n) is 19.6. The Balaban J connectivity index is 1.63. The molecule has 1 aromatic heterocycles. The average molecular weight is 542 g/mol. The van der Waals surface area contributed by atoms with Gasteiger partial charge in [0.15, 0.2) is 0 Å². The smallest absolute Gasteiger partial charge is 0.254 e. The first-order valence-corrected chi connectivity index (χ1v) is 12.3. The van der Waals surface area contributed by atoms with Crippen molar-refractivity contribution in [1.29, 1.82) is 0 Å². The lowest BCUT2D eigenvalue weighted by atomic mass is 10.1. The van der Waals surface area contributed by atoms with Crippen molar-refractivity contribution in [3.05, 3.63) is 99.5 Å². The monoisotopic (exact) mass is 540 g/mol. The second-order valence-electron chi connectivity index (χ2n) is 8.38. The van der Waals surface area contributed by atoms with E-state index in [-0.39, 0.29) is 18.5 Å². The number of anilines is 1. The summed E-state index contributed by atoms with van der Waals surface area (Å²) in [6.07, 6.45) is 0. The largest absolute Gasteiger partial charge is 0.327 e. The third kappa shape index (κ3) is 5.90. The van der Waals surface area contributed by atoms with Crippen LogP contribution in [0.1, 0.15) is 24.2 Å². The van der Waals surface area contributed by atoms with E-state index < -0.39 is 5.91 Å². The van der Waals surface area contributed by atoms with Gasteiger partial charge in [-0.2, -0.15) is 5.10 Å². The summed E-state index contributed by atoms with van der Waals surface area (Å²) in [5.74, 6) is -0.318. The number of nitrogens with zero attached hydrogens (tertiary/aromatic N) is 3. The Kier molecular flexibility index (Phi) is 7.99. The average Bonchev–Trinajstić information content (AvgIpc) is 3.25. The van der Waals surface area contributed by atoms with Gasteiger partial charge in [-0.05, 0) is 44.2 Å². The summed E-state index contributed by atoms with van der Waals surface area (Å²) in [7, 11) is 0. The van der Waals surface area contributed by atoms with Crippen LogP contribution in [0.5, 0.6) is 0 Å². The molecule has 2 amide bonds. The molecule has 0 atom stereocenters. The number of hydrogen-bond donors (Lipinski definition) is 1. The Labute approximate surface area is 224 Å². The molecule has 0 unspecified atom stereocenters. The summed E-state index contributed by atoms with van der Waals surface area (Å²) in [5, 5.41) is 8.75. The number of para-hydroxylation sites is 1. The van der Waals surface area contributed by atoms with Gasteiger partial charge in [-0.3, -0.25) is 9.59 Å². The van der Waals surface area contributed by atoms with Crippen LogP contribution in [0.2, 0.25) is 15.1 Å². The van der Waals surface area contributed by atoms with Gasteiger partial charge in [-0.15, -0.1) is 0 Å². The van der Waals surface area contributed by atoms with Gasteiger partial charge in [0.2, 0.25) is 5.91 Å². The highest BCUT2D eigenvalue weighted by Crippen LogP contribution is 2.28. The molecular formula is C27H23Cl3N4O2. The maximum absolute atomic E-state index is 13.2. The van der Waals surface area contributed by atoms with Crippen LogP contribution >= 0.6 is 34.8 Å². The number of halogens is 3. The van der Waals surface area contributed by atoms with Crippen LogP contribution in [0.4, 0.5) is 5.82 Å². The number of amides is 2. The Morgan fingerprint density at radius 1 is 0.917 bits per heavy atom. The minimum Gasteiger partial charge on any atom is -0.327 e. The summed E-state index contributed by atoms with van der Waals surface area (Å²) in [6.45, 7) is 3.48. The van der Waals surface area contributed by atoms with Crippen LogP contribution in [-0.4, -0.2) is 39.1 Å². The van der Waals surface area contributed by atoms with Gasteiger partial charge in [-0.25, -0.2) is 4.68 Å². The standard InChI is InChI=1S/C27H23Cl3N4O2/c1-17(2)33(27(36)19-12-20(28)14-21(29)13-19)16-26(35)31-25-15-23(18-8-4-3-5-9-18)32-34(25)24-11-7-6-10-22(24)30/h3-15,17H,16H2,1-2H3,(H,31,35). The number of hydrogen-bond acceptors (Lipinski definition) is 3. The molecule has 4 aromatic rings. The second-order valence-corrected chi connectivity index (χ2v) is 9.66. The predicted molar refractivity (Wildman–Crippen MR) is 145 cm³/mol. The van der Waals surface area contributed by atoms with Gasteiger partial charge in [0, 0.05) is 33.3 Å². The fourth-order valence-electron chi connectivity index (χ4n) is 3.70. The topological polar surface area (TPSA) is 67.2 Å². The van der Waals surface area contributed by atoms with E-state index in [2.05, 4.69) is 10.4 Å². The molecule has 0 aliphatic rings. The molecule has 3 aromatic carbocycles. The lowest BCUT2D eigenvalue weighted by Crippen LogP contribution is -2.42. The molecule has 9 heteroatoms. The van der Waals surface area contributed by atoms with Gasteiger partial charge in [0.25, 0.3) is 5.91 Å². The SMILES string of the molecule is CC(C)N(CC(=O)Nc1cc(-c2ccccc2)nn1-c1ccccc1Cl)C(=O)c1cc(Cl)cc(Cl)c1. The molecule has 0 saturated carbocycles. The van der Waals surface area contributed by atoms with E-state index in [9.17, 15) is 9.59 Å². The molecule has 0 bridgehead atoms. The maximum atomic E-state index is 13.2. The van der Waals surface area contributed by atoms with E-state index >= 15 is 0 Å². The molecule has 0 aliphatic heterocycles. The van der Waals surface area contributed by atoms with Crippen molar-refractivity contribution in [1.82, 2.24) is 14.7 Å². The van der Waals surface area contributed by atoms with Crippen molar-refractivity contribution >= 4 is 52.4 Å². The van der Waals surface area contributed by atoms with E-state index in [0.29, 0.717) is 37.8 Å². The Bertz CT molecular complexity index is 1380. The van der Waals surface area contributed by atoms with Crippen molar-refractivity contribution in [3.63, 3.8) is 0 Å². The number of aromatic nitrogens is 2. The van der Waals surface area contributed by atoms with Crippen LogP contribution in [0.25, 0.3) is 16.9 Å². The molecule has 4 rings (SSSR count). The first kappa shape index (κ1) is 25.8. The second kappa shape index (κ2) is 11.2. The zero-order chi connectivity index (χ0) is 25.8. The molecule has 36 heavy (non-hydrogen) atoms. The van der Waals surface area contributed by atoms with Crippen molar-refractivity contribution in [2.24, 2.45) is 0 Å². The third-order valence-corrected chi connectivity index (χ3v) is 6.19. The highest BCUT2D eigenvalue weighted by Gasteiger charge is 2.24. The lowest BCUT2D eigenvalue weighted by Gasteiger charge is -2.26. The first-order chi connectivity index (χ1) is 17.2.